The number of anilines is 1. The first-order chi connectivity index (χ1) is 11.8. The van der Waals surface area contributed by atoms with Gasteiger partial charge in [-0.25, -0.2) is 0 Å². The Morgan fingerprint density at radius 2 is 2.04 bits per heavy atom. The summed E-state index contributed by atoms with van der Waals surface area (Å²) < 4.78 is 1.68. The number of rotatable bonds is 3. The number of halogens is 2. The molecule has 26 heavy (non-hydrogen) atoms. The van der Waals surface area contributed by atoms with Crippen LogP contribution in [0.1, 0.15) is 6.42 Å². The Bertz CT molecular complexity index is 717. The molecule has 2 aromatic rings. The van der Waals surface area contributed by atoms with Crippen molar-refractivity contribution in [1.29, 1.82) is 0 Å². The lowest BCUT2D eigenvalue weighted by atomic mass is 10.2. The van der Waals surface area contributed by atoms with E-state index in [1.165, 1.54) is 0 Å². The van der Waals surface area contributed by atoms with Crippen molar-refractivity contribution in [2.24, 2.45) is 0 Å². The van der Waals surface area contributed by atoms with Crippen molar-refractivity contribution in [3.8, 4) is 0 Å². The van der Waals surface area contributed by atoms with E-state index in [1.54, 1.807) is 10.8 Å². The Kier molecular flexibility index (Phi) is 7.75. The molecular weight excluding hydrogens is 397 g/mol. The van der Waals surface area contributed by atoms with Crippen molar-refractivity contribution in [3.63, 3.8) is 0 Å². The highest BCUT2D eigenvalue weighted by molar-refractivity contribution is 7.99. The number of nitrogens with zero attached hydrogens (tertiary/aromatic N) is 6. The molecule has 1 N–H and O–H groups in total. The molecule has 144 valence electrons. The molecule has 0 aromatic carbocycles. The second-order valence-corrected chi connectivity index (χ2v) is 7.27. The first-order valence-electron chi connectivity index (χ1n) is 8.30. The summed E-state index contributed by atoms with van der Waals surface area (Å²) in [6.07, 6.45) is 2.21. The minimum atomic E-state index is 0. The molecule has 2 aliphatic rings. The number of hydrogen-bond donors (Lipinski definition) is 1. The summed E-state index contributed by atoms with van der Waals surface area (Å²) in [7, 11) is 0. The summed E-state index contributed by atoms with van der Waals surface area (Å²) in [4.78, 5) is 16.7. The van der Waals surface area contributed by atoms with E-state index in [4.69, 9.17) is 0 Å². The van der Waals surface area contributed by atoms with Crippen molar-refractivity contribution in [3.05, 3.63) is 18.5 Å². The molecule has 11 heteroatoms. The van der Waals surface area contributed by atoms with Crippen LogP contribution >= 0.6 is 36.6 Å². The summed E-state index contributed by atoms with van der Waals surface area (Å²) in [5.41, 5.74) is 0.741. The quantitative estimate of drug-likeness (QED) is 0.784. The molecule has 0 saturated carbocycles. The summed E-state index contributed by atoms with van der Waals surface area (Å²) in [6, 6.07) is 4.20. The fourth-order valence-corrected chi connectivity index (χ4v) is 4.11. The first-order valence-corrected chi connectivity index (χ1v) is 9.46. The third-order valence-electron chi connectivity index (χ3n) is 4.52. The highest BCUT2D eigenvalue weighted by Gasteiger charge is 2.25. The predicted molar refractivity (Wildman–Crippen MR) is 108 cm³/mol. The van der Waals surface area contributed by atoms with E-state index in [9.17, 15) is 4.79 Å². The maximum absolute atomic E-state index is 12.5. The van der Waals surface area contributed by atoms with Crippen molar-refractivity contribution < 1.29 is 4.79 Å². The van der Waals surface area contributed by atoms with E-state index in [-0.39, 0.29) is 30.7 Å². The van der Waals surface area contributed by atoms with Gasteiger partial charge >= 0.3 is 0 Å². The zero-order valence-electron chi connectivity index (χ0n) is 14.3. The molecule has 4 rings (SSSR count). The van der Waals surface area contributed by atoms with E-state index < -0.39 is 0 Å². The number of hydrogen-bond acceptors (Lipinski definition) is 7. The Morgan fingerprint density at radius 1 is 1.23 bits per heavy atom. The summed E-state index contributed by atoms with van der Waals surface area (Å²) in [6.45, 7) is 4.12. The van der Waals surface area contributed by atoms with E-state index in [2.05, 4.69) is 25.5 Å². The van der Waals surface area contributed by atoms with Gasteiger partial charge in [-0.15, -0.1) is 40.1 Å². The van der Waals surface area contributed by atoms with Crippen LogP contribution in [0.2, 0.25) is 0 Å². The van der Waals surface area contributed by atoms with E-state index >= 15 is 0 Å². The Morgan fingerprint density at radius 3 is 2.77 bits per heavy atom. The second kappa shape index (κ2) is 9.59. The third kappa shape index (κ3) is 4.70. The molecule has 2 aliphatic heterocycles. The number of piperazine rings is 1. The number of fused-ring (bicyclic) bond motifs is 1. The minimum absolute atomic E-state index is 0. The molecule has 8 nitrogen and oxygen atoms in total. The van der Waals surface area contributed by atoms with E-state index in [1.807, 2.05) is 28.8 Å². The second-order valence-electron chi connectivity index (χ2n) is 6.12. The highest BCUT2D eigenvalue weighted by atomic mass is 35.5. The van der Waals surface area contributed by atoms with Gasteiger partial charge in [0.25, 0.3) is 0 Å². The van der Waals surface area contributed by atoms with Gasteiger partial charge in [0, 0.05) is 56.7 Å². The van der Waals surface area contributed by atoms with Gasteiger partial charge in [-0.3, -0.25) is 4.79 Å². The number of thioether (sulfide) groups is 1. The molecule has 1 amide bonds. The fourth-order valence-electron chi connectivity index (χ4n) is 3.16. The van der Waals surface area contributed by atoms with E-state index in [0.717, 1.165) is 55.7 Å². The number of carbonyl (C=O) groups is 1. The highest BCUT2D eigenvalue weighted by Crippen LogP contribution is 2.16. The number of carbonyl (C=O) groups excluding carboxylic acids is 1. The smallest absolute Gasteiger partial charge is 0.224 e. The average Bonchev–Trinajstić information content (AvgIpc) is 3.10. The van der Waals surface area contributed by atoms with Crippen LogP contribution in [-0.4, -0.2) is 80.9 Å². The van der Waals surface area contributed by atoms with Crippen LogP contribution < -0.4 is 10.2 Å². The third-order valence-corrected chi connectivity index (χ3v) is 5.65. The zero-order valence-corrected chi connectivity index (χ0v) is 16.7. The molecule has 0 bridgehead atoms. The Labute approximate surface area is 168 Å². The maximum atomic E-state index is 12.5. The number of nitrogens with one attached hydrogen (secondary N) is 1. The summed E-state index contributed by atoms with van der Waals surface area (Å²) in [5.74, 6) is 3.35. The summed E-state index contributed by atoms with van der Waals surface area (Å²) in [5, 5.41) is 15.8. The van der Waals surface area contributed by atoms with Gasteiger partial charge in [0.2, 0.25) is 5.91 Å². The number of aromatic nitrogens is 4. The molecular formula is C15H23Cl2N7OS. The van der Waals surface area contributed by atoms with Gasteiger partial charge in [-0.05, 0) is 12.1 Å². The topological polar surface area (TPSA) is 78.7 Å². The van der Waals surface area contributed by atoms with Crippen LogP contribution in [-0.2, 0) is 4.79 Å². The van der Waals surface area contributed by atoms with Crippen molar-refractivity contribution >= 4 is 53.9 Å². The van der Waals surface area contributed by atoms with Crippen molar-refractivity contribution in [2.45, 2.75) is 12.5 Å². The van der Waals surface area contributed by atoms with Gasteiger partial charge in [0.05, 0.1) is 0 Å². The van der Waals surface area contributed by atoms with Gasteiger partial charge in [0.15, 0.2) is 5.65 Å². The number of amides is 1. The predicted octanol–water partition coefficient (Wildman–Crippen LogP) is 0.712. The Hall–Kier alpha value is -1.29. The van der Waals surface area contributed by atoms with Crippen LogP contribution in [0, 0.1) is 0 Å². The summed E-state index contributed by atoms with van der Waals surface area (Å²) >= 11 is 1.93. The zero-order chi connectivity index (χ0) is 16.4. The van der Waals surface area contributed by atoms with Gasteiger partial charge < -0.3 is 15.1 Å². The molecule has 0 spiro atoms. The normalized spacial score (nSPS) is 20.4. The van der Waals surface area contributed by atoms with Gasteiger partial charge in [-0.1, -0.05) is 0 Å². The lowest BCUT2D eigenvalue weighted by Crippen LogP contribution is -2.51. The maximum Gasteiger partial charge on any atom is 0.224 e. The first kappa shape index (κ1) is 21.0. The molecule has 0 aliphatic carbocycles. The SMILES string of the molecule is Cl.Cl.O=C(CC1CSCCN1)N1CCN(c2ccc3nncn3n2)CC1. The van der Waals surface area contributed by atoms with E-state index in [0.29, 0.717) is 12.5 Å². The van der Waals surface area contributed by atoms with Crippen LogP contribution in [0.3, 0.4) is 0 Å². The molecule has 0 radical (unpaired) electrons. The van der Waals surface area contributed by atoms with Crippen molar-refractivity contribution in [1.82, 2.24) is 30.0 Å². The molecule has 2 aromatic heterocycles. The molecule has 2 fully saturated rings. The largest absolute Gasteiger partial charge is 0.352 e. The minimum Gasteiger partial charge on any atom is -0.352 e. The molecule has 4 heterocycles. The lowest BCUT2D eigenvalue weighted by molar-refractivity contribution is -0.131. The van der Waals surface area contributed by atoms with Crippen molar-refractivity contribution in [2.75, 3.05) is 49.1 Å². The van der Waals surface area contributed by atoms with Crippen LogP contribution in [0.25, 0.3) is 5.65 Å². The van der Waals surface area contributed by atoms with Gasteiger partial charge in [0.1, 0.15) is 12.1 Å². The Balaban J connectivity index is 0.00000121. The molecule has 1 unspecified atom stereocenters. The molecule has 1 atom stereocenters. The average molecular weight is 420 g/mol. The van der Waals surface area contributed by atoms with Gasteiger partial charge in [-0.2, -0.15) is 16.3 Å². The lowest BCUT2D eigenvalue weighted by Gasteiger charge is -2.36. The fraction of sp³-hybridized carbons (Fsp3) is 0.600. The van der Waals surface area contributed by atoms with Crippen LogP contribution in [0.5, 0.6) is 0 Å². The van der Waals surface area contributed by atoms with Crippen LogP contribution in [0.4, 0.5) is 5.82 Å². The molecule has 2 saturated heterocycles. The van der Waals surface area contributed by atoms with Crippen LogP contribution in [0.15, 0.2) is 18.5 Å². The monoisotopic (exact) mass is 419 g/mol. The standard InChI is InChI=1S/C15H21N7OS.2ClH/c23-15(9-12-10-24-8-3-16-12)21-6-4-20(5-7-21)14-2-1-13-18-17-11-22(13)19-14;;/h1-2,11-12,16H,3-10H2;2*1H.